The number of hydrazone groups is 1. The summed E-state index contributed by atoms with van der Waals surface area (Å²) in [7, 11) is 0. The van der Waals surface area contributed by atoms with Gasteiger partial charge in [0.2, 0.25) is 0 Å². The molecule has 0 bridgehead atoms. The number of rotatable bonds is 7. The van der Waals surface area contributed by atoms with Gasteiger partial charge in [0, 0.05) is 12.1 Å². The summed E-state index contributed by atoms with van der Waals surface area (Å²) in [6, 6.07) is 14.1. The standard InChI is InChI=1S/C19H19N3O5/c1-13-6-8-14(9-7-13)10-20-18(25)19(26)22-21-11-15-4-2-3-5-16(15)27-12-17(23)24/h2-9,11H,10,12H2,1H3,(H,20,25)(H,22,26)(H,23,24)/b21-11-. The Morgan fingerprint density at radius 3 is 2.48 bits per heavy atom. The number of nitrogens with zero attached hydrogens (tertiary/aromatic N) is 1. The van der Waals surface area contributed by atoms with Crippen molar-refractivity contribution in [3.8, 4) is 5.75 Å². The summed E-state index contributed by atoms with van der Waals surface area (Å²) in [6.07, 6.45) is 1.27. The maximum Gasteiger partial charge on any atom is 0.341 e. The Bertz CT molecular complexity index is 847. The van der Waals surface area contributed by atoms with E-state index >= 15 is 0 Å². The highest BCUT2D eigenvalue weighted by atomic mass is 16.5. The van der Waals surface area contributed by atoms with Crippen molar-refractivity contribution < 1.29 is 24.2 Å². The maximum atomic E-state index is 11.8. The SMILES string of the molecule is Cc1ccc(CNC(=O)C(=O)N/N=C\c2ccccc2OCC(=O)O)cc1. The third kappa shape index (κ3) is 6.62. The van der Waals surface area contributed by atoms with Crippen LogP contribution in [0.5, 0.6) is 5.75 Å². The van der Waals surface area contributed by atoms with E-state index < -0.39 is 24.4 Å². The summed E-state index contributed by atoms with van der Waals surface area (Å²) in [5.41, 5.74) is 4.54. The number of hydrogen-bond donors (Lipinski definition) is 3. The molecule has 0 saturated carbocycles. The van der Waals surface area contributed by atoms with E-state index in [4.69, 9.17) is 9.84 Å². The molecule has 0 aliphatic rings. The van der Waals surface area contributed by atoms with E-state index in [0.29, 0.717) is 11.3 Å². The van der Waals surface area contributed by atoms with E-state index in [1.807, 2.05) is 31.2 Å². The number of carbonyl (C=O) groups excluding carboxylic acids is 2. The molecule has 0 atom stereocenters. The van der Waals surface area contributed by atoms with Crippen molar-refractivity contribution in [2.24, 2.45) is 5.10 Å². The number of ether oxygens (including phenoxy) is 1. The molecule has 0 fully saturated rings. The lowest BCUT2D eigenvalue weighted by molar-refractivity contribution is -0.139. The first kappa shape index (κ1) is 19.6. The van der Waals surface area contributed by atoms with E-state index in [2.05, 4.69) is 15.8 Å². The van der Waals surface area contributed by atoms with E-state index in [1.165, 1.54) is 6.21 Å². The van der Waals surface area contributed by atoms with Crippen LogP contribution >= 0.6 is 0 Å². The van der Waals surface area contributed by atoms with Gasteiger partial charge in [-0.25, -0.2) is 10.2 Å². The number of carboxylic acids is 1. The summed E-state index contributed by atoms with van der Waals surface area (Å²) >= 11 is 0. The highest BCUT2D eigenvalue weighted by Gasteiger charge is 2.12. The van der Waals surface area contributed by atoms with Gasteiger partial charge >= 0.3 is 17.8 Å². The largest absolute Gasteiger partial charge is 0.481 e. The van der Waals surface area contributed by atoms with Gasteiger partial charge in [-0.2, -0.15) is 5.10 Å². The van der Waals surface area contributed by atoms with Crippen molar-refractivity contribution in [2.75, 3.05) is 6.61 Å². The molecule has 0 aliphatic carbocycles. The van der Waals surface area contributed by atoms with Gasteiger partial charge in [-0.1, -0.05) is 42.0 Å². The molecule has 27 heavy (non-hydrogen) atoms. The number of amides is 2. The van der Waals surface area contributed by atoms with Gasteiger partial charge in [0.25, 0.3) is 0 Å². The van der Waals surface area contributed by atoms with E-state index in [0.717, 1.165) is 11.1 Å². The third-order valence-electron chi connectivity index (χ3n) is 3.42. The molecule has 0 aliphatic heterocycles. The van der Waals surface area contributed by atoms with Gasteiger partial charge in [-0.3, -0.25) is 9.59 Å². The molecule has 0 radical (unpaired) electrons. The number of para-hydroxylation sites is 1. The fraction of sp³-hybridized carbons (Fsp3) is 0.158. The Morgan fingerprint density at radius 2 is 1.78 bits per heavy atom. The molecular formula is C19H19N3O5. The lowest BCUT2D eigenvalue weighted by Gasteiger charge is -2.06. The first-order chi connectivity index (χ1) is 13.0. The number of aliphatic carboxylic acids is 1. The molecule has 0 saturated heterocycles. The first-order valence-electron chi connectivity index (χ1n) is 8.06. The molecule has 3 N–H and O–H groups in total. The second-order valence-corrected chi connectivity index (χ2v) is 5.59. The predicted molar refractivity (Wildman–Crippen MR) is 98.3 cm³/mol. The van der Waals surface area contributed by atoms with Crippen LogP contribution in [0, 0.1) is 6.92 Å². The van der Waals surface area contributed by atoms with Crippen LogP contribution in [-0.2, 0) is 20.9 Å². The molecule has 2 aromatic rings. The maximum absolute atomic E-state index is 11.8. The minimum Gasteiger partial charge on any atom is -0.481 e. The molecule has 8 heteroatoms. The number of nitrogens with one attached hydrogen (secondary N) is 2. The van der Waals surface area contributed by atoms with Crippen molar-refractivity contribution >= 4 is 24.0 Å². The minimum absolute atomic E-state index is 0.224. The second-order valence-electron chi connectivity index (χ2n) is 5.59. The zero-order valence-electron chi connectivity index (χ0n) is 14.6. The highest BCUT2D eigenvalue weighted by molar-refractivity contribution is 6.35. The molecule has 2 amide bonds. The van der Waals surface area contributed by atoms with E-state index in [-0.39, 0.29) is 6.54 Å². The smallest absolute Gasteiger partial charge is 0.341 e. The molecule has 0 aromatic heterocycles. The van der Waals surface area contributed by atoms with Gasteiger partial charge in [-0.15, -0.1) is 0 Å². The van der Waals surface area contributed by atoms with Crippen LogP contribution in [-0.4, -0.2) is 35.7 Å². The molecule has 8 nitrogen and oxygen atoms in total. The monoisotopic (exact) mass is 369 g/mol. The molecule has 2 aromatic carbocycles. The zero-order chi connectivity index (χ0) is 19.6. The van der Waals surface area contributed by atoms with Crippen molar-refractivity contribution in [1.29, 1.82) is 0 Å². The number of aryl methyl sites for hydroxylation is 1. The highest BCUT2D eigenvalue weighted by Crippen LogP contribution is 2.15. The number of carbonyl (C=O) groups is 3. The van der Waals surface area contributed by atoms with Crippen LogP contribution < -0.4 is 15.5 Å². The van der Waals surface area contributed by atoms with Crippen molar-refractivity contribution in [3.05, 3.63) is 65.2 Å². The average Bonchev–Trinajstić information content (AvgIpc) is 2.66. The van der Waals surface area contributed by atoms with Crippen LogP contribution in [0.2, 0.25) is 0 Å². The van der Waals surface area contributed by atoms with Gasteiger partial charge in [-0.05, 0) is 24.6 Å². The summed E-state index contributed by atoms with van der Waals surface area (Å²) in [5.74, 6) is -2.55. The van der Waals surface area contributed by atoms with Gasteiger partial charge in [0.1, 0.15) is 5.75 Å². The quantitative estimate of drug-likeness (QED) is 0.385. The molecule has 140 valence electrons. The van der Waals surface area contributed by atoms with Crippen molar-refractivity contribution in [3.63, 3.8) is 0 Å². The zero-order valence-corrected chi connectivity index (χ0v) is 14.6. The van der Waals surface area contributed by atoms with Crippen LogP contribution in [0.15, 0.2) is 53.6 Å². The average molecular weight is 369 g/mol. The molecule has 0 spiro atoms. The van der Waals surface area contributed by atoms with Crippen LogP contribution in [0.3, 0.4) is 0 Å². The summed E-state index contributed by atoms with van der Waals surface area (Å²) in [6.45, 7) is 1.68. The van der Waals surface area contributed by atoms with Crippen LogP contribution in [0.25, 0.3) is 0 Å². The summed E-state index contributed by atoms with van der Waals surface area (Å²) in [5, 5.41) is 14.9. The van der Waals surface area contributed by atoms with Gasteiger partial charge in [0.05, 0.1) is 6.21 Å². The predicted octanol–water partition coefficient (Wildman–Crippen LogP) is 1.22. The Labute approximate surface area is 155 Å². The Kier molecular flexibility index (Phi) is 7.07. The number of benzene rings is 2. The fourth-order valence-electron chi connectivity index (χ4n) is 2.04. The molecular weight excluding hydrogens is 350 g/mol. The lowest BCUT2D eigenvalue weighted by Crippen LogP contribution is -2.37. The van der Waals surface area contributed by atoms with E-state index in [9.17, 15) is 14.4 Å². The summed E-state index contributed by atoms with van der Waals surface area (Å²) < 4.78 is 5.12. The first-order valence-corrected chi connectivity index (χ1v) is 8.06. The van der Waals surface area contributed by atoms with Crippen molar-refractivity contribution in [2.45, 2.75) is 13.5 Å². The molecule has 0 unspecified atom stereocenters. The van der Waals surface area contributed by atoms with Crippen molar-refractivity contribution in [1.82, 2.24) is 10.7 Å². The number of carboxylic acid groups (broad SMARTS) is 1. The summed E-state index contributed by atoms with van der Waals surface area (Å²) in [4.78, 5) is 34.1. The molecule has 0 heterocycles. The second kappa shape index (κ2) is 9.71. The minimum atomic E-state index is -1.11. The Morgan fingerprint density at radius 1 is 1.07 bits per heavy atom. The lowest BCUT2D eigenvalue weighted by atomic mass is 10.1. The fourth-order valence-corrected chi connectivity index (χ4v) is 2.04. The Balaban J connectivity index is 1.86. The Hall–Kier alpha value is -3.68. The number of hydrogen-bond acceptors (Lipinski definition) is 5. The topological polar surface area (TPSA) is 117 Å². The van der Waals surface area contributed by atoms with Crippen LogP contribution in [0.4, 0.5) is 0 Å². The van der Waals surface area contributed by atoms with Gasteiger partial charge < -0.3 is 15.2 Å². The van der Waals surface area contributed by atoms with E-state index in [1.54, 1.807) is 24.3 Å². The third-order valence-corrected chi connectivity index (χ3v) is 3.42. The van der Waals surface area contributed by atoms with Gasteiger partial charge in [0.15, 0.2) is 6.61 Å². The van der Waals surface area contributed by atoms with Crippen LogP contribution in [0.1, 0.15) is 16.7 Å². The molecule has 2 rings (SSSR count). The normalized spacial score (nSPS) is 10.4.